The molecule has 0 fully saturated rings. The third kappa shape index (κ3) is 3.45. The Kier molecular flexibility index (Phi) is 3.56. The van der Waals surface area contributed by atoms with Crippen molar-refractivity contribution >= 4 is 0 Å². The molecule has 8 heteroatoms. The minimum Gasteiger partial charge on any atom is -0.508 e. The lowest BCUT2D eigenvalue weighted by molar-refractivity contribution is -0.138. The van der Waals surface area contributed by atoms with Crippen LogP contribution in [0, 0.1) is 0 Å². The zero-order chi connectivity index (χ0) is 15.8. The van der Waals surface area contributed by atoms with E-state index in [0.717, 1.165) is 12.3 Å². The first-order valence-electron chi connectivity index (χ1n) is 5.52. The van der Waals surface area contributed by atoms with Crippen molar-refractivity contribution in [3.8, 4) is 17.0 Å². The number of hydrogen-bond acceptors (Lipinski definition) is 2. The average Bonchev–Trinajstić information content (AvgIpc) is 2.36. The van der Waals surface area contributed by atoms with Gasteiger partial charge in [-0.15, -0.1) is 0 Å². The molecular formula is C13H7F6NO. The van der Waals surface area contributed by atoms with Gasteiger partial charge in [0.2, 0.25) is 0 Å². The van der Waals surface area contributed by atoms with Gasteiger partial charge in [-0.1, -0.05) is 0 Å². The molecular weight excluding hydrogens is 300 g/mol. The van der Waals surface area contributed by atoms with E-state index in [-0.39, 0.29) is 11.3 Å². The molecule has 0 radical (unpaired) electrons. The number of phenols is 1. The van der Waals surface area contributed by atoms with E-state index < -0.39 is 29.2 Å². The number of aromatic hydroxyl groups is 1. The quantitative estimate of drug-likeness (QED) is 0.787. The summed E-state index contributed by atoms with van der Waals surface area (Å²) in [6, 6.07) is 3.35. The molecule has 0 bridgehead atoms. The number of pyridine rings is 1. The highest BCUT2D eigenvalue weighted by atomic mass is 19.4. The molecule has 21 heavy (non-hydrogen) atoms. The third-order valence-electron chi connectivity index (χ3n) is 2.63. The molecule has 2 rings (SSSR count). The number of aromatic nitrogens is 1. The van der Waals surface area contributed by atoms with E-state index in [2.05, 4.69) is 4.98 Å². The molecule has 0 saturated carbocycles. The van der Waals surface area contributed by atoms with E-state index in [9.17, 15) is 31.4 Å². The number of hydrogen-bond donors (Lipinski definition) is 1. The van der Waals surface area contributed by atoms with Gasteiger partial charge in [-0.05, 0) is 30.3 Å². The Balaban J connectivity index is 2.55. The van der Waals surface area contributed by atoms with Crippen LogP contribution in [0.15, 0.2) is 36.5 Å². The summed E-state index contributed by atoms with van der Waals surface area (Å²) in [4.78, 5) is 3.61. The van der Waals surface area contributed by atoms with Crippen LogP contribution in [-0.2, 0) is 12.4 Å². The van der Waals surface area contributed by atoms with Gasteiger partial charge in [-0.25, -0.2) is 0 Å². The van der Waals surface area contributed by atoms with Crippen molar-refractivity contribution in [2.24, 2.45) is 0 Å². The zero-order valence-corrected chi connectivity index (χ0v) is 10.1. The maximum Gasteiger partial charge on any atom is 0.416 e. The van der Waals surface area contributed by atoms with Gasteiger partial charge >= 0.3 is 12.4 Å². The van der Waals surface area contributed by atoms with Crippen LogP contribution in [-0.4, -0.2) is 10.1 Å². The van der Waals surface area contributed by atoms with Crippen LogP contribution in [0.2, 0.25) is 0 Å². The van der Waals surface area contributed by atoms with E-state index in [4.69, 9.17) is 0 Å². The topological polar surface area (TPSA) is 33.1 Å². The molecule has 0 unspecified atom stereocenters. The lowest BCUT2D eigenvalue weighted by Gasteiger charge is -2.11. The Hall–Kier alpha value is -2.25. The first-order valence-corrected chi connectivity index (χ1v) is 5.52. The molecule has 1 N–H and O–H groups in total. The van der Waals surface area contributed by atoms with Crippen LogP contribution in [0.25, 0.3) is 11.3 Å². The van der Waals surface area contributed by atoms with E-state index in [1.54, 1.807) is 0 Å². The van der Waals surface area contributed by atoms with Gasteiger partial charge in [0.15, 0.2) is 0 Å². The zero-order valence-electron chi connectivity index (χ0n) is 10.1. The molecule has 1 aromatic heterocycles. The van der Waals surface area contributed by atoms with Crippen molar-refractivity contribution in [1.82, 2.24) is 4.98 Å². The summed E-state index contributed by atoms with van der Waals surface area (Å²) in [5.41, 5.74) is -2.78. The largest absolute Gasteiger partial charge is 0.508 e. The second-order valence-corrected chi connectivity index (χ2v) is 4.19. The molecule has 112 valence electrons. The molecule has 0 atom stereocenters. The van der Waals surface area contributed by atoms with E-state index in [1.165, 1.54) is 0 Å². The second kappa shape index (κ2) is 4.94. The Morgan fingerprint density at radius 3 is 2.00 bits per heavy atom. The van der Waals surface area contributed by atoms with Crippen LogP contribution in [0.5, 0.6) is 5.75 Å². The van der Waals surface area contributed by atoms with Crippen LogP contribution in [0.4, 0.5) is 26.3 Å². The Morgan fingerprint density at radius 1 is 0.810 bits per heavy atom. The molecule has 0 saturated heterocycles. The predicted octanol–water partition coefficient (Wildman–Crippen LogP) is 4.49. The minimum atomic E-state index is -4.73. The van der Waals surface area contributed by atoms with Crippen molar-refractivity contribution in [3.05, 3.63) is 47.7 Å². The van der Waals surface area contributed by atoms with Crippen LogP contribution in [0.1, 0.15) is 11.1 Å². The molecule has 0 aliphatic heterocycles. The Labute approximate surface area is 114 Å². The molecule has 1 heterocycles. The summed E-state index contributed by atoms with van der Waals surface area (Å²) in [5, 5.41) is 9.30. The normalized spacial score (nSPS) is 12.5. The average molecular weight is 307 g/mol. The van der Waals surface area contributed by atoms with Gasteiger partial charge < -0.3 is 5.11 Å². The summed E-state index contributed by atoms with van der Waals surface area (Å²) < 4.78 is 75.6. The van der Waals surface area contributed by atoms with Crippen molar-refractivity contribution in [2.45, 2.75) is 12.4 Å². The summed E-state index contributed by atoms with van der Waals surface area (Å²) >= 11 is 0. The Morgan fingerprint density at radius 2 is 1.43 bits per heavy atom. The number of nitrogens with zero attached hydrogens (tertiary/aromatic N) is 1. The summed E-state index contributed by atoms with van der Waals surface area (Å²) in [7, 11) is 0. The van der Waals surface area contributed by atoms with Gasteiger partial charge in [0.25, 0.3) is 0 Å². The summed E-state index contributed by atoms with van der Waals surface area (Å²) in [5.74, 6) is -0.709. The molecule has 2 nitrogen and oxygen atoms in total. The maximum absolute atomic E-state index is 12.6. The van der Waals surface area contributed by atoms with E-state index in [1.807, 2.05) is 0 Å². The predicted molar refractivity (Wildman–Crippen MR) is 61.3 cm³/mol. The first kappa shape index (κ1) is 15.1. The van der Waals surface area contributed by atoms with E-state index >= 15 is 0 Å². The Bertz CT molecular complexity index is 662. The smallest absolute Gasteiger partial charge is 0.416 e. The van der Waals surface area contributed by atoms with Gasteiger partial charge in [-0.2, -0.15) is 26.3 Å². The molecule has 1 aromatic carbocycles. The number of benzene rings is 1. The SMILES string of the molecule is Oc1cc(-c2cc(C(F)(F)F)ccn2)cc(C(F)(F)F)c1. The molecule has 0 amide bonds. The second-order valence-electron chi connectivity index (χ2n) is 4.19. The minimum absolute atomic E-state index is 0.256. The maximum atomic E-state index is 12.6. The lowest BCUT2D eigenvalue weighted by Crippen LogP contribution is -2.06. The fraction of sp³-hybridized carbons (Fsp3) is 0.154. The molecule has 0 aliphatic carbocycles. The highest BCUT2D eigenvalue weighted by Gasteiger charge is 2.33. The standard InChI is InChI=1S/C13H7F6NO/c14-12(15,16)8-1-2-20-11(6-8)7-3-9(13(17,18)19)5-10(21)4-7/h1-6,21H. The summed E-state index contributed by atoms with van der Waals surface area (Å²) in [6.07, 6.45) is -8.52. The number of alkyl halides is 6. The van der Waals surface area contributed by atoms with Crippen LogP contribution >= 0.6 is 0 Å². The third-order valence-corrected chi connectivity index (χ3v) is 2.63. The number of halogens is 6. The number of phenolic OH excluding ortho intramolecular Hbond substituents is 1. The van der Waals surface area contributed by atoms with Gasteiger partial charge in [0.1, 0.15) is 5.75 Å². The van der Waals surface area contributed by atoms with Crippen molar-refractivity contribution in [1.29, 1.82) is 0 Å². The number of rotatable bonds is 1. The van der Waals surface area contributed by atoms with Crippen molar-refractivity contribution < 1.29 is 31.4 Å². The van der Waals surface area contributed by atoms with Gasteiger partial charge in [0, 0.05) is 11.8 Å². The lowest BCUT2D eigenvalue weighted by atomic mass is 10.0. The van der Waals surface area contributed by atoms with Gasteiger partial charge in [0.05, 0.1) is 16.8 Å². The van der Waals surface area contributed by atoms with Crippen molar-refractivity contribution in [3.63, 3.8) is 0 Å². The summed E-state index contributed by atoms with van der Waals surface area (Å²) in [6.45, 7) is 0. The fourth-order valence-corrected chi connectivity index (χ4v) is 1.69. The van der Waals surface area contributed by atoms with Crippen molar-refractivity contribution in [2.75, 3.05) is 0 Å². The van der Waals surface area contributed by atoms with Gasteiger partial charge in [-0.3, -0.25) is 4.98 Å². The highest BCUT2D eigenvalue weighted by Crippen LogP contribution is 2.36. The molecule has 2 aromatic rings. The van der Waals surface area contributed by atoms with Crippen LogP contribution < -0.4 is 0 Å². The first-order chi connectivity index (χ1) is 9.57. The fourth-order valence-electron chi connectivity index (χ4n) is 1.69. The van der Waals surface area contributed by atoms with Crippen LogP contribution in [0.3, 0.4) is 0 Å². The monoisotopic (exact) mass is 307 g/mol. The molecule has 0 aliphatic rings. The molecule has 0 spiro atoms. The highest BCUT2D eigenvalue weighted by molar-refractivity contribution is 5.63. The van der Waals surface area contributed by atoms with E-state index in [0.29, 0.717) is 24.3 Å².